The number of likely N-dealkylation sites (N-methyl/N-ethyl adjacent to an activating group) is 1. The van der Waals surface area contributed by atoms with Crippen molar-refractivity contribution in [3.8, 4) is 0 Å². The molecule has 20 N–H and O–H groups in total. The SMILES string of the molecule is C1CN1.CCCNCCN(CCNCCN)CCNCCN(CCNCCN(CCN)CCN)CCNCCN(CCCNCN(CCC)CCN)CCNCCN(CCN)CCNCCNC.[HH].[HH]. The Bertz CT molecular complexity index is 933. The van der Waals surface area contributed by atoms with Crippen LogP contribution in [0.15, 0.2) is 0 Å². The molecule has 1 rings (SSSR count). The number of rotatable bonds is 56. The summed E-state index contributed by atoms with van der Waals surface area (Å²) in [6, 6.07) is 0. The third-order valence-corrected chi connectivity index (χ3v) is 11.7. The summed E-state index contributed by atoms with van der Waals surface area (Å²) in [6.07, 6.45) is 3.43. The summed E-state index contributed by atoms with van der Waals surface area (Å²) < 4.78 is 0. The van der Waals surface area contributed by atoms with Crippen molar-refractivity contribution in [2.45, 2.75) is 33.1 Å². The van der Waals surface area contributed by atoms with Gasteiger partial charge in [0.1, 0.15) is 0 Å². The molecule has 0 bridgehead atoms. The minimum absolute atomic E-state index is 0. The second kappa shape index (κ2) is 55.5. The first-order chi connectivity index (χ1) is 33.5. The van der Waals surface area contributed by atoms with Gasteiger partial charge in [0, 0.05) is 245 Å². The Morgan fingerprint density at radius 1 is 0.324 bits per heavy atom. The zero-order valence-electron chi connectivity index (χ0n) is 44.7. The van der Waals surface area contributed by atoms with Gasteiger partial charge in [-0.1, -0.05) is 13.8 Å². The Labute approximate surface area is 421 Å². The average molecular weight is 981 g/mol. The fourth-order valence-electron chi connectivity index (χ4n) is 7.63. The highest BCUT2D eigenvalue weighted by molar-refractivity contribution is 4.71. The van der Waals surface area contributed by atoms with E-state index in [1.807, 2.05) is 7.05 Å². The molecule has 1 heterocycles. The van der Waals surface area contributed by atoms with E-state index < -0.39 is 0 Å². The number of hydrogen-bond acceptors (Lipinski definition) is 21. The first kappa shape index (κ1) is 67.2. The summed E-state index contributed by atoms with van der Waals surface area (Å²) >= 11 is 0. The zero-order valence-corrected chi connectivity index (χ0v) is 44.7. The van der Waals surface area contributed by atoms with Crippen LogP contribution < -0.4 is 81.8 Å². The molecule has 1 fully saturated rings. The number of nitrogens with zero attached hydrogens (tertiary/aromatic N) is 6. The molecule has 0 aliphatic carbocycles. The maximum atomic E-state index is 5.95. The first-order valence-electron chi connectivity index (χ1n) is 27.4. The summed E-state index contributed by atoms with van der Waals surface area (Å²) in [6.45, 7) is 44.0. The van der Waals surface area contributed by atoms with E-state index in [-0.39, 0.29) is 2.85 Å². The predicted octanol–water partition coefficient (Wildman–Crippen LogP) is -5.22. The number of nitrogens with two attached hydrogens (primary N) is 5. The topological polar surface area (TPSA) is 280 Å². The van der Waals surface area contributed by atoms with Gasteiger partial charge >= 0.3 is 0 Å². The standard InChI is InChI=1S/C45H112N20.C2H5N.2H2/c1-4-12-52-17-39-63(40-18-53-14-7-46)41-26-58-27-44-64(43-25-57-22-36-61(30-8-47)31-9-48)42-24-56-21-35-60(29-6-13-59-45-65(28-5-2)33-11-50)34-20-55-23-38-62(32-10-49)37-19-54-16-15-51-3;1-2-3-1;;/h51-59H,4-50H2,1-3H3;3H,1-2H2;2*1H. The van der Waals surface area contributed by atoms with Crippen molar-refractivity contribution in [1.29, 1.82) is 0 Å². The van der Waals surface area contributed by atoms with E-state index in [4.69, 9.17) is 28.7 Å². The molecule has 0 saturated carbocycles. The van der Waals surface area contributed by atoms with Crippen molar-refractivity contribution in [2.24, 2.45) is 28.7 Å². The minimum atomic E-state index is 0. The number of nitrogens with one attached hydrogen (secondary N) is 10. The molecule has 1 saturated heterocycles. The summed E-state index contributed by atoms with van der Waals surface area (Å²) in [5.74, 6) is 0. The summed E-state index contributed by atoms with van der Waals surface area (Å²) in [5, 5.41) is 35.4. The lowest BCUT2D eigenvalue weighted by molar-refractivity contribution is 0.238. The van der Waals surface area contributed by atoms with Gasteiger partial charge in [-0.2, -0.15) is 0 Å². The van der Waals surface area contributed by atoms with Crippen LogP contribution in [0.3, 0.4) is 0 Å². The molecular weight excluding hydrogens is 859 g/mol. The largest absolute Gasteiger partial charge is 0.329 e. The van der Waals surface area contributed by atoms with Crippen LogP contribution in [0, 0.1) is 0 Å². The maximum Gasteiger partial charge on any atom is 0.0480 e. The highest BCUT2D eigenvalue weighted by Crippen LogP contribution is 1.94. The predicted molar refractivity (Wildman–Crippen MR) is 298 cm³/mol. The van der Waals surface area contributed by atoms with Crippen molar-refractivity contribution >= 4 is 0 Å². The molecule has 0 atom stereocenters. The normalized spacial score (nSPS) is 12.8. The van der Waals surface area contributed by atoms with Gasteiger partial charge in [0.2, 0.25) is 0 Å². The van der Waals surface area contributed by atoms with Gasteiger partial charge in [0.25, 0.3) is 0 Å². The van der Waals surface area contributed by atoms with E-state index in [9.17, 15) is 0 Å². The van der Waals surface area contributed by atoms with E-state index in [1.54, 1.807) is 0 Å². The van der Waals surface area contributed by atoms with Crippen LogP contribution in [0.5, 0.6) is 0 Å². The Morgan fingerprint density at radius 2 is 0.647 bits per heavy atom. The van der Waals surface area contributed by atoms with Crippen molar-refractivity contribution in [3.63, 3.8) is 0 Å². The van der Waals surface area contributed by atoms with Crippen LogP contribution >= 0.6 is 0 Å². The number of hydrogen-bond donors (Lipinski definition) is 15. The molecule has 0 aromatic carbocycles. The lowest BCUT2D eigenvalue weighted by Gasteiger charge is -2.26. The van der Waals surface area contributed by atoms with Crippen LogP contribution in [0.25, 0.3) is 0 Å². The summed E-state index contributed by atoms with van der Waals surface area (Å²) in [7, 11) is 1.99. The Balaban J connectivity index is -0.00000861. The van der Waals surface area contributed by atoms with Gasteiger partial charge in [-0.3, -0.25) is 24.5 Å². The monoisotopic (exact) mass is 980 g/mol. The second-order valence-corrected chi connectivity index (χ2v) is 17.9. The lowest BCUT2D eigenvalue weighted by atomic mass is 10.3. The van der Waals surface area contributed by atoms with Crippen LogP contribution in [-0.2, 0) is 0 Å². The highest BCUT2D eigenvalue weighted by Gasteiger charge is 2.10. The van der Waals surface area contributed by atoms with Gasteiger partial charge in [-0.25, -0.2) is 0 Å². The van der Waals surface area contributed by atoms with Gasteiger partial charge in [0.05, 0.1) is 0 Å². The summed E-state index contributed by atoms with van der Waals surface area (Å²) in [5.41, 5.74) is 29.2. The first-order valence-corrected chi connectivity index (χ1v) is 27.4. The molecular formula is C47H121N21. The minimum Gasteiger partial charge on any atom is -0.329 e. The van der Waals surface area contributed by atoms with Crippen molar-refractivity contribution in [2.75, 3.05) is 276 Å². The van der Waals surface area contributed by atoms with Crippen molar-refractivity contribution in [1.82, 2.24) is 82.6 Å². The average Bonchev–Trinajstić information content (AvgIpc) is 4.23. The molecule has 1 aliphatic heterocycles. The van der Waals surface area contributed by atoms with E-state index >= 15 is 0 Å². The van der Waals surface area contributed by atoms with E-state index in [2.05, 4.69) is 96.4 Å². The molecule has 0 spiro atoms. The maximum absolute atomic E-state index is 5.95. The molecule has 1 aliphatic rings. The van der Waals surface area contributed by atoms with Gasteiger partial charge in [-0.05, 0) is 52.5 Å². The van der Waals surface area contributed by atoms with E-state index in [0.717, 1.165) is 242 Å². The zero-order chi connectivity index (χ0) is 49.6. The summed E-state index contributed by atoms with van der Waals surface area (Å²) in [4.78, 5) is 15.0. The van der Waals surface area contributed by atoms with Crippen molar-refractivity contribution in [3.05, 3.63) is 0 Å². The molecule has 0 radical (unpaired) electrons. The third-order valence-electron chi connectivity index (χ3n) is 11.7. The van der Waals surface area contributed by atoms with Gasteiger partial charge in [-0.15, -0.1) is 0 Å². The van der Waals surface area contributed by atoms with Crippen LogP contribution in [0.2, 0.25) is 0 Å². The Kier molecular flexibility index (Phi) is 54.8. The molecule has 21 heteroatoms. The smallest absolute Gasteiger partial charge is 0.0480 e. The fourth-order valence-corrected chi connectivity index (χ4v) is 7.63. The van der Waals surface area contributed by atoms with Crippen LogP contribution in [-0.4, -0.2) is 305 Å². The van der Waals surface area contributed by atoms with E-state index in [1.165, 1.54) is 13.1 Å². The molecule has 0 aromatic heterocycles. The molecule has 414 valence electrons. The molecule has 68 heavy (non-hydrogen) atoms. The van der Waals surface area contributed by atoms with Gasteiger partial charge in [0.15, 0.2) is 0 Å². The molecule has 0 aromatic rings. The lowest BCUT2D eigenvalue weighted by Crippen LogP contribution is -2.45. The molecule has 0 amide bonds. The molecule has 0 unspecified atom stereocenters. The highest BCUT2D eigenvalue weighted by atomic mass is 15.2. The quantitative estimate of drug-likeness (QED) is 0.0154. The third kappa shape index (κ3) is 48.8. The Morgan fingerprint density at radius 3 is 0.985 bits per heavy atom. The second-order valence-electron chi connectivity index (χ2n) is 17.9. The van der Waals surface area contributed by atoms with E-state index in [0.29, 0.717) is 32.7 Å². The van der Waals surface area contributed by atoms with Crippen LogP contribution in [0.1, 0.15) is 36.0 Å². The van der Waals surface area contributed by atoms with Crippen molar-refractivity contribution < 1.29 is 2.85 Å². The molecule has 21 nitrogen and oxygen atoms in total. The fraction of sp³-hybridized carbons (Fsp3) is 1.00. The van der Waals surface area contributed by atoms with Gasteiger partial charge < -0.3 is 86.7 Å². The Hall–Kier alpha value is -0.840. The van der Waals surface area contributed by atoms with Crippen LogP contribution in [0.4, 0.5) is 0 Å².